The number of carbonyl (C=O) groups is 1. The molecule has 1 atom stereocenters. The maximum atomic E-state index is 11.6. The Bertz CT molecular complexity index is 239. The molecular weight excluding hydrogens is 180 g/mol. The van der Waals surface area contributed by atoms with Crippen molar-refractivity contribution in [1.82, 2.24) is 4.90 Å². The second kappa shape index (κ2) is 4.97. The highest BCUT2D eigenvalue weighted by Crippen LogP contribution is 2.17. The Morgan fingerprint density at radius 3 is 2.64 bits per heavy atom. The Morgan fingerprint density at radius 1 is 1.64 bits per heavy atom. The van der Waals surface area contributed by atoms with E-state index < -0.39 is 5.92 Å². The number of amides is 1. The fraction of sp³-hybridized carbons (Fsp3) is 0.800. The molecule has 0 radical (unpaired) electrons. The Labute approximate surface area is 84.1 Å². The van der Waals surface area contributed by atoms with Crippen LogP contribution in [-0.2, 0) is 4.79 Å². The molecule has 0 bridgehead atoms. The van der Waals surface area contributed by atoms with E-state index in [1.807, 2.05) is 6.07 Å². The third-order valence-corrected chi connectivity index (χ3v) is 2.75. The maximum Gasteiger partial charge on any atom is 0.239 e. The van der Waals surface area contributed by atoms with Crippen molar-refractivity contribution in [1.29, 1.82) is 5.26 Å². The number of aliphatic hydroxyl groups is 1. The summed E-state index contributed by atoms with van der Waals surface area (Å²) >= 11 is 0. The molecule has 0 aliphatic carbocycles. The molecule has 4 nitrogen and oxygen atoms in total. The Morgan fingerprint density at radius 2 is 2.21 bits per heavy atom. The lowest BCUT2D eigenvalue weighted by Crippen LogP contribution is -2.41. The van der Waals surface area contributed by atoms with Crippen LogP contribution in [0.25, 0.3) is 0 Å². The number of hydrogen-bond donors (Lipinski definition) is 1. The van der Waals surface area contributed by atoms with Crippen molar-refractivity contribution >= 4 is 5.91 Å². The van der Waals surface area contributed by atoms with Gasteiger partial charge in [-0.25, -0.2) is 0 Å². The van der Waals surface area contributed by atoms with Crippen LogP contribution in [0.15, 0.2) is 0 Å². The quantitative estimate of drug-likeness (QED) is 0.694. The first-order valence-corrected chi connectivity index (χ1v) is 4.98. The van der Waals surface area contributed by atoms with E-state index in [-0.39, 0.29) is 12.5 Å². The summed E-state index contributed by atoms with van der Waals surface area (Å²) in [6.07, 6.45) is 1.70. The zero-order valence-electron chi connectivity index (χ0n) is 8.44. The molecule has 1 rings (SSSR count). The predicted octanol–water partition coefficient (Wildman–Crippen LogP) is 0.377. The fourth-order valence-electron chi connectivity index (χ4n) is 1.67. The van der Waals surface area contributed by atoms with Crippen molar-refractivity contribution in [2.24, 2.45) is 11.8 Å². The van der Waals surface area contributed by atoms with Gasteiger partial charge in [0.15, 0.2) is 0 Å². The summed E-state index contributed by atoms with van der Waals surface area (Å²) < 4.78 is 0. The van der Waals surface area contributed by atoms with Crippen LogP contribution >= 0.6 is 0 Å². The minimum Gasteiger partial charge on any atom is -0.396 e. The smallest absolute Gasteiger partial charge is 0.239 e. The summed E-state index contributed by atoms with van der Waals surface area (Å²) in [5, 5.41) is 17.5. The van der Waals surface area contributed by atoms with Crippen molar-refractivity contribution in [3.63, 3.8) is 0 Å². The largest absolute Gasteiger partial charge is 0.396 e. The van der Waals surface area contributed by atoms with E-state index in [0.29, 0.717) is 19.0 Å². The van der Waals surface area contributed by atoms with Gasteiger partial charge in [0.2, 0.25) is 5.91 Å². The molecule has 1 fully saturated rings. The highest BCUT2D eigenvalue weighted by molar-refractivity contribution is 5.80. The standard InChI is InChI=1S/C10H16N2O2/c1-8(6-11)10(14)12-4-2-9(7-13)3-5-12/h8-9,13H,2-5,7H2,1H3. The van der Waals surface area contributed by atoms with Crippen molar-refractivity contribution < 1.29 is 9.90 Å². The van der Waals surface area contributed by atoms with E-state index in [9.17, 15) is 4.79 Å². The van der Waals surface area contributed by atoms with E-state index in [1.165, 1.54) is 0 Å². The summed E-state index contributed by atoms with van der Waals surface area (Å²) in [6, 6.07) is 1.95. The topological polar surface area (TPSA) is 64.3 Å². The number of nitrogens with zero attached hydrogens (tertiary/aromatic N) is 2. The van der Waals surface area contributed by atoms with Crippen LogP contribution in [0, 0.1) is 23.2 Å². The minimum atomic E-state index is -0.541. The lowest BCUT2D eigenvalue weighted by molar-refractivity contribution is -0.134. The van der Waals surface area contributed by atoms with E-state index in [1.54, 1.807) is 11.8 Å². The average Bonchev–Trinajstić information content (AvgIpc) is 2.27. The summed E-state index contributed by atoms with van der Waals surface area (Å²) in [6.45, 7) is 3.18. The average molecular weight is 196 g/mol. The first-order chi connectivity index (χ1) is 6.69. The third-order valence-electron chi connectivity index (χ3n) is 2.75. The zero-order valence-corrected chi connectivity index (χ0v) is 8.44. The second-order valence-electron chi connectivity index (χ2n) is 3.80. The summed E-state index contributed by atoms with van der Waals surface area (Å²) in [5.41, 5.74) is 0. The molecule has 1 heterocycles. The van der Waals surface area contributed by atoms with Gasteiger partial charge in [-0.15, -0.1) is 0 Å². The molecule has 78 valence electrons. The molecule has 1 amide bonds. The first kappa shape index (κ1) is 11.0. The predicted molar refractivity (Wildman–Crippen MR) is 51.2 cm³/mol. The highest BCUT2D eigenvalue weighted by Gasteiger charge is 2.25. The van der Waals surface area contributed by atoms with Crippen LogP contribution in [0.1, 0.15) is 19.8 Å². The van der Waals surface area contributed by atoms with E-state index >= 15 is 0 Å². The van der Waals surface area contributed by atoms with Gasteiger partial charge in [0, 0.05) is 19.7 Å². The van der Waals surface area contributed by atoms with Crippen molar-refractivity contribution in [2.45, 2.75) is 19.8 Å². The number of carbonyl (C=O) groups excluding carboxylic acids is 1. The van der Waals surface area contributed by atoms with Gasteiger partial charge in [-0.2, -0.15) is 5.26 Å². The van der Waals surface area contributed by atoms with Gasteiger partial charge in [-0.05, 0) is 25.7 Å². The van der Waals surface area contributed by atoms with Crippen molar-refractivity contribution in [3.05, 3.63) is 0 Å². The molecule has 4 heteroatoms. The van der Waals surface area contributed by atoms with Gasteiger partial charge in [-0.3, -0.25) is 4.79 Å². The van der Waals surface area contributed by atoms with E-state index in [2.05, 4.69) is 0 Å². The Kier molecular flexibility index (Phi) is 3.90. The van der Waals surface area contributed by atoms with Crippen molar-refractivity contribution in [2.75, 3.05) is 19.7 Å². The zero-order chi connectivity index (χ0) is 10.6. The normalized spacial score (nSPS) is 20.2. The fourth-order valence-corrected chi connectivity index (χ4v) is 1.67. The number of piperidine rings is 1. The van der Waals surface area contributed by atoms with Crippen molar-refractivity contribution in [3.8, 4) is 6.07 Å². The number of hydrogen-bond acceptors (Lipinski definition) is 3. The molecule has 1 unspecified atom stereocenters. The molecule has 1 aliphatic rings. The van der Waals surface area contributed by atoms with Gasteiger partial charge in [0.25, 0.3) is 0 Å². The number of nitriles is 1. The molecular formula is C10H16N2O2. The molecule has 0 saturated carbocycles. The molecule has 14 heavy (non-hydrogen) atoms. The number of likely N-dealkylation sites (tertiary alicyclic amines) is 1. The molecule has 0 spiro atoms. The number of aliphatic hydroxyl groups excluding tert-OH is 1. The first-order valence-electron chi connectivity index (χ1n) is 4.98. The van der Waals surface area contributed by atoms with E-state index in [4.69, 9.17) is 10.4 Å². The summed E-state index contributed by atoms with van der Waals surface area (Å²) in [4.78, 5) is 13.3. The van der Waals surface area contributed by atoms with Crippen LogP contribution in [0.3, 0.4) is 0 Å². The summed E-state index contributed by atoms with van der Waals surface area (Å²) in [7, 11) is 0. The third kappa shape index (κ3) is 2.46. The molecule has 1 saturated heterocycles. The maximum absolute atomic E-state index is 11.6. The Hall–Kier alpha value is -1.08. The lowest BCUT2D eigenvalue weighted by Gasteiger charge is -2.31. The van der Waals surface area contributed by atoms with Crippen LogP contribution < -0.4 is 0 Å². The lowest BCUT2D eigenvalue weighted by atomic mass is 9.97. The highest BCUT2D eigenvalue weighted by atomic mass is 16.3. The van der Waals surface area contributed by atoms with Gasteiger partial charge < -0.3 is 10.0 Å². The number of rotatable bonds is 2. The van der Waals surface area contributed by atoms with Gasteiger partial charge >= 0.3 is 0 Å². The van der Waals surface area contributed by atoms with Crippen LogP contribution in [-0.4, -0.2) is 35.6 Å². The van der Waals surface area contributed by atoms with Crippen LogP contribution in [0.4, 0.5) is 0 Å². The summed E-state index contributed by atoms with van der Waals surface area (Å²) in [5.74, 6) is -0.291. The SMILES string of the molecule is CC(C#N)C(=O)N1CCC(CO)CC1. The van der Waals surface area contributed by atoms with Gasteiger partial charge in [0.05, 0.1) is 6.07 Å². The second-order valence-corrected chi connectivity index (χ2v) is 3.80. The minimum absolute atomic E-state index is 0.0797. The van der Waals surface area contributed by atoms with E-state index in [0.717, 1.165) is 12.8 Å². The molecule has 0 aromatic rings. The molecule has 0 aromatic carbocycles. The molecule has 1 aliphatic heterocycles. The molecule has 0 aromatic heterocycles. The van der Waals surface area contributed by atoms with Crippen LogP contribution in [0.2, 0.25) is 0 Å². The Balaban J connectivity index is 2.42. The van der Waals surface area contributed by atoms with Crippen LogP contribution in [0.5, 0.6) is 0 Å². The monoisotopic (exact) mass is 196 g/mol. The molecule has 1 N–H and O–H groups in total. The van der Waals surface area contributed by atoms with Gasteiger partial charge in [-0.1, -0.05) is 0 Å². The van der Waals surface area contributed by atoms with Gasteiger partial charge in [0.1, 0.15) is 5.92 Å².